The molecule has 2 atom stereocenters. The molecule has 0 bridgehead atoms. The monoisotopic (exact) mass is 366 g/mol. The van der Waals surface area contributed by atoms with Gasteiger partial charge in [0.2, 0.25) is 0 Å². The lowest BCUT2D eigenvalue weighted by atomic mass is 9.61. The molecule has 4 aliphatic rings. The number of nitrogens with zero attached hydrogens (tertiary/aromatic N) is 3. The molecule has 6 nitrogen and oxygen atoms in total. The van der Waals surface area contributed by atoms with Crippen LogP contribution in [0.15, 0.2) is 18.2 Å². The third-order valence-corrected chi connectivity index (χ3v) is 7.65. The van der Waals surface area contributed by atoms with Crippen LogP contribution in [-0.4, -0.2) is 70.3 Å². The molecular formula is C21H26N4O2. The first kappa shape index (κ1) is 16.1. The highest BCUT2D eigenvalue weighted by Gasteiger charge is 2.61. The first-order valence-corrected chi connectivity index (χ1v) is 10.4. The summed E-state index contributed by atoms with van der Waals surface area (Å²) in [7, 11) is 0. The van der Waals surface area contributed by atoms with Crippen molar-refractivity contribution in [3.63, 3.8) is 0 Å². The number of aromatic amines is 1. The summed E-state index contributed by atoms with van der Waals surface area (Å²) in [6.07, 6.45) is 5.74. The Morgan fingerprint density at radius 1 is 1.15 bits per heavy atom. The van der Waals surface area contributed by atoms with Crippen LogP contribution in [0.3, 0.4) is 0 Å². The number of aromatic nitrogens is 2. The van der Waals surface area contributed by atoms with Crippen LogP contribution in [0.4, 0.5) is 0 Å². The molecule has 6 heteroatoms. The van der Waals surface area contributed by atoms with E-state index < -0.39 is 0 Å². The Balaban J connectivity index is 1.33. The number of nitrogens with one attached hydrogen (secondary N) is 1. The van der Waals surface area contributed by atoms with Crippen molar-refractivity contribution in [3.8, 4) is 0 Å². The molecule has 1 N–H and O–H groups in total. The lowest BCUT2D eigenvalue weighted by molar-refractivity contribution is -0.161. The fraction of sp³-hybridized carbons (Fsp3) is 0.619. The molecule has 2 unspecified atom stereocenters. The van der Waals surface area contributed by atoms with Gasteiger partial charge in [-0.25, -0.2) is 0 Å². The summed E-state index contributed by atoms with van der Waals surface area (Å²) < 4.78 is 5.50. The van der Waals surface area contributed by atoms with E-state index in [0.29, 0.717) is 23.2 Å². The zero-order valence-corrected chi connectivity index (χ0v) is 15.6. The van der Waals surface area contributed by atoms with Crippen LogP contribution < -0.4 is 0 Å². The molecule has 1 saturated carbocycles. The van der Waals surface area contributed by atoms with Crippen LogP contribution in [0.25, 0.3) is 10.9 Å². The molecule has 0 radical (unpaired) electrons. The van der Waals surface area contributed by atoms with E-state index in [0.717, 1.165) is 56.5 Å². The zero-order valence-electron chi connectivity index (χ0n) is 15.6. The van der Waals surface area contributed by atoms with E-state index in [9.17, 15) is 4.79 Å². The van der Waals surface area contributed by atoms with Crippen LogP contribution in [0.5, 0.6) is 0 Å². The molecule has 4 fully saturated rings. The van der Waals surface area contributed by atoms with Crippen molar-refractivity contribution in [3.05, 3.63) is 29.5 Å². The number of hydrogen-bond donors (Lipinski definition) is 1. The second-order valence-corrected chi connectivity index (χ2v) is 8.66. The maximum absolute atomic E-state index is 13.4. The van der Waals surface area contributed by atoms with Crippen LogP contribution in [0.2, 0.25) is 0 Å². The number of carbonyl (C=O) groups excluding carboxylic acids is 1. The van der Waals surface area contributed by atoms with Crippen molar-refractivity contribution < 1.29 is 9.53 Å². The minimum atomic E-state index is 0.112. The topological polar surface area (TPSA) is 61.5 Å². The van der Waals surface area contributed by atoms with E-state index >= 15 is 0 Å². The molecular weight excluding hydrogens is 340 g/mol. The number of fused-ring (bicyclic) bond motifs is 1. The van der Waals surface area contributed by atoms with Crippen molar-refractivity contribution in [1.29, 1.82) is 0 Å². The minimum absolute atomic E-state index is 0.112. The summed E-state index contributed by atoms with van der Waals surface area (Å²) in [5.41, 5.74) is 3.17. The number of piperazine rings is 1. The average Bonchev–Trinajstić information content (AvgIpc) is 3.08. The van der Waals surface area contributed by atoms with Crippen molar-refractivity contribution in [1.82, 2.24) is 20.0 Å². The minimum Gasteiger partial charge on any atom is -0.381 e. The molecule has 1 aliphatic carbocycles. The van der Waals surface area contributed by atoms with Gasteiger partial charge in [-0.3, -0.25) is 14.8 Å². The largest absolute Gasteiger partial charge is 0.381 e. The maximum Gasteiger partial charge on any atom is 0.275 e. The van der Waals surface area contributed by atoms with Gasteiger partial charge >= 0.3 is 0 Å². The van der Waals surface area contributed by atoms with E-state index in [1.54, 1.807) is 0 Å². The number of benzene rings is 1. The van der Waals surface area contributed by atoms with Crippen LogP contribution >= 0.6 is 0 Å². The molecule has 2 aromatic rings. The van der Waals surface area contributed by atoms with Gasteiger partial charge in [-0.05, 0) is 55.7 Å². The van der Waals surface area contributed by atoms with Gasteiger partial charge < -0.3 is 9.64 Å². The second kappa shape index (κ2) is 5.79. The molecule has 4 heterocycles. The van der Waals surface area contributed by atoms with Crippen molar-refractivity contribution >= 4 is 16.8 Å². The average molecular weight is 366 g/mol. The third-order valence-electron chi connectivity index (χ3n) is 7.65. The van der Waals surface area contributed by atoms with Crippen molar-refractivity contribution in [2.24, 2.45) is 0 Å². The predicted octanol–water partition coefficient (Wildman–Crippen LogP) is 2.52. The molecule has 3 saturated heterocycles. The Kier molecular flexibility index (Phi) is 3.44. The van der Waals surface area contributed by atoms with Crippen LogP contribution in [-0.2, 0) is 4.74 Å². The normalized spacial score (nSPS) is 31.1. The first-order chi connectivity index (χ1) is 13.3. The molecule has 6 rings (SSSR count). The van der Waals surface area contributed by atoms with Gasteiger partial charge in [0.15, 0.2) is 5.69 Å². The Bertz CT molecular complexity index is 899. The predicted molar refractivity (Wildman–Crippen MR) is 102 cm³/mol. The second-order valence-electron chi connectivity index (χ2n) is 8.66. The molecule has 1 aromatic heterocycles. The van der Waals surface area contributed by atoms with Gasteiger partial charge in [0, 0.05) is 43.8 Å². The lowest BCUT2D eigenvalue weighted by Gasteiger charge is -2.68. The summed E-state index contributed by atoms with van der Waals surface area (Å²) in [4.78, 5) is 18.1. The summed E-state index contributed by atoms with van der Waals surface area (Å²) in [5, 5.41) is 8.51. The molecule has 3 aliphatic heterocycles. The fourth-order valence-electron chi connectivity index (χ4n) is 5.85. The molecule has 1 aromatic carbocycles. The number of amides is 1. The number of H-pyrrole nitrogens is 1. The highest BCUT2D eigenvalue weighted by Crippen LogP contribution is 2.51. The third kappa shape index (κ3) is 2.20. The van der Waals surface area contributed by atoms with Crippen LogP contribution in [0, 0.1) is 0 Å². The maximum atomic E-state index is 13.4. The van der Waals surface area contributed by atoms with Gasteiger partial charge in [-0.2, -0.15) is 5.10 Å². The van der Waals surface area contributed by atoms with E-state index in [4.69, 9.17) is 4.74 Å². The molecule has 27 heavy (non-hydrogen) atoms. The smallest absolute Gasteiger partial charge is 0.275 e. The van der Waals surface area contributed by atoms with Gasteiger partial charge in [0.1, 0.15) is 0 Å². The number of hydrogen-bond acceptors (Lipinski definition) is 4. The number of ether oxygens (including phenoxy) is 1. The van der Waals surface area contributed by atoms with E-state index in [1.165, 1.54) is 24.9 Å². The van der Waals surface area contributed by atoms with Gasteiger partial charge in [-0.15, -0.1) is 0 Å². The molecule has 1 amide bonds. The highest BCUT2D eigenvalue weighted by atomic mass is 16.5. The fourth-order valence-corrected chi connectivity index (χ4v) is 5.85. The SMILES string of the molecule is O=C(c1n[nH]c2ccc(C3CCOCC3)cc12)N1CCN2CCC23CCC13. The van der Waals surface area contributed by atoms with Gasteiger partial charge in [0.05, 0.1) is 11.6 Å². The summed E-state index contributed by atoms with van der Waals surface area (Å²) in [5.74, 6) is 0.635. The van der Waals surface area contributed by atoms with E-state index in [-0.39, 0.29) is 5.91 Å². The van der Waals surface area contributed by atoms with Crippen LogP contribution in [0.1, 0.15) is 54.1 Å². The number of rotatable bonds is 2. The standard InChI is InChI=1S/C21H26N4O2/c26-20(25-10-9-24-8-7-21(24)6-3-18(21)25)19-16-13-15(1-2-17(16)22-23-19)14-4-11-27-12-5-14/h1-2,13-14,18H,3-12H2,(H,22,23). The summed E-state index contributed by atoms with van der Waals surface area (Å²) >= 11 is 0. The Morgan fingerprint density at radius 2 is 2.04 bits per heavy atom. The summed E-state index contributed by atoms with van der Waals surface area (Å²) in [6, 6.07) is 6.84. The molecule has 1 spiro atoms. The zero-order chi connectivity index (χ0) is 18.0. The van der Waals surface area contributed by atoms with E-state index in [2.05, 4.69) is 38.2 Å². The van der Waals surface area contributed by atoms with E-state index in [1.807, 2.05) is 0 Å². The quantitative estimate of drug-likeness (QED) is 0.887. The van der Waals surface area contributed by atoms with Crippen molar-refractivity contribution in [2.75, 3.05) is 32.8 Å². The molecule has 142 valence electrons. The highest BCUT2D eigenvalue weighted by molar-refractivity contribution is 6.05. The summed E-state index contributed by atoms with van der Waals surface area (Å²) in [6.45, 7) is 4.71. The van der Waals surface area contributed by atoms with Crippen molar-refractivity contribution in [2.45, 2.75) is 49.6 Å². The Labute approximate surface area is 158 Å². The van der Waals surface area contributed by atoms with Gasteiger partial charge in [-0.1, -0.05) is 6.07 Å². The van der Waals surface area contributed by atoms with Gasteiger partial charge in [0.25, 0.3) is 5.91 Å². The Morgan fingerprint density at radius 3 is 2.78 bits per heavy atom. The first-order valence-electron chi connectivity index (χ1n) is 10.4. The number of carbonyl (C=O) groups is 1. The Hall–Kier alpha value is -1.92. The lowest BCUT2D eigenvalue weighted by Crippen LogP contribution is -2.79.